The highest BCUT2D eigenvalue weighted by Gasteiger charge is 1.59. The second kappa shape index (κ2) is 11.6. The van der Waals surface area contributed by atoms with Crippen LogP contribution in [0.5, 0.6) is 0 Å². The number of rotatable bonds is 0. The van der Waals surface area contributed by atoms with E-state index in [4.69, 9.17) is 0 Å². The monoisotopic (exact) mass is 212 g/mol. The van der Waals surface area contributed by atoms with E-state index in [9.17, 15) is 0 Å². The van der Waals surface area contributed by atoms with Crippen molar-refractivity contribution in [2.75, 3.05) is 0 Å². The Kier molecular flexibility index (Phi) is 12.5. The molecule has 0 N–H and O–H groups in total. The Morgan fingerprint density at radius 2 is 0.786 bits per heavy atom. The van der Waals surface area contributed by atoms with Crippen molar-refractivity contribution in [2.24, 2.45) is 0 Å². The summed E-state index contributed by atoms with van der Waals surface area (Å²) in [6.07, 6.45) is 7.00. The lowest BCUT2D eigenvalue weighted by atomic mass is 10.5. The highest BCUT2D eigenvalue weighted by molar-refractivity contribution is 7.59. The van der Waals surface area contributed by atoms with Gasteiger partial charge in [-0.1, -0.05) is 12.1 Å². The zero-order chi connectivity index (χ0) is 8.49. The van der Waals surface area contributed by atoms with Crippen molar-refractivity contribution in [3.63, 3.8) is 0 Å². The van der Waals surface area contributed by atoms with Crippen molar-refractivity contribution >= 4 is 13.5 Å². The summed E-state index contributed by atoms with van der Waals surface area (Å²) in [5, 5.41) is 0. The summed E-state index contributed by atoms with van der Waals surface area (Å²) in [6, 6.07) is 11.4. The lowest BCUT2D eigenvalue weighted by molar-refractivity contribution is 1.11. The van der Waals surface area contributed by atoms with Gasteiger partial charge in [0.2, 0.25) is 0 Å². The molecule has 0 saturated heterocycles. The molecule has 2 rings (SSSR count). The van der Waals surface area contributed by atoms with Gasteiger partial charge in [-0.2, -0.15) is 13.5 Å². The van der Waals surface area contributed by atoms with E-state index in [1.807, 2.05) is 36.4 Å². The number of hydrogen-bond donors (Lipinski definition) is 0. The molecular weight excluding hydrogens is 199 g/mol. The number of aromatic nitrogens is 2. The molecular formula is C10H13FN2S. The summed E-state index contributed by atoms with van der Waals surface area (Å²) in [6.45, 7) is 0. The molecule has 76 valence electrons. The molecule has 4 heteroatoms. The highest BCUT2D eigenvalue weighted by atomic mass is 32.1. The van der Waals surface area contributed by atoms with Crippen molar-refractivity contribution in [3.8, 4) is 0 Å². The third-order valence-corrected chi connectivity index (χ3v) is 1.13. The predicted molar refractivity (Wildman–Crippen MR) is 61.4 cm³/mol. The molecule has 2 aromatic rings. The predicted octanol–water partition coefficient (Wildman–Crippen LogP) is 2.43. The average molecular weight is 212 g/mol. The van der Waals surface area contributed by atoms with E-state index in [-0.39, 0.29) is 18.2 Å². The first kappa shape index (κ1) is 15.1. The SMILES string of the molecule is F.S.c1ccncc1.c1ccncc1. The van der Waals surface area contributed by atoms with E-state index in [1.54, 1.807) is 24.8 Å². The molecule has 2 nitrogen and oxygen atoms in total. The Hall–Kier alpha value is -1.42. The van der Waals surface area contributed by atoms with Crippen molar-refractivity contribution in [1.82, 2.24) is 9.97 Å². The van der Waals surface area contributed by atoms with Gasteiger partial charge in [-0.05, 0) is 24.3 Å². The molecule has 2 aromatic heterocycles. The Labute approximate surface area is 89.9 Å². The van der Waals surface area contributed by atoms with Crippen LogP contribution in [0.1, 0.15) is 0 Å². The summed E-state index contributed by atoms with van der Waals surface area (Å²) < 4.78 is 0. The molecule has 0 radical (unpaired) electrons. The minimum absolute atomic E-state index is 0. The lowest BCUT2D eigenvalue weighted by Gasteiger charge is -1.70. The van der Waals surface area contributed by atoms with Crippen LogP contribution in [0.25, 0.3) is 0 Å². The molecule has 0 bridgehead atoms. The Morgan fingerprint density at radius 1 is 0.500 bits per heavy atom. The van der Waals surface area contributed by atoms with Crippen molar-refractivity contribution in [2.45, 2.75) is 0 Å². The number of hydrogen-bond acceptors (Lipinski definition) is 2. The smallest absolute Gasteiger partial charge is 0.0267 e. The second-order valence-corrected chi connectivity index (χ2v) is 2.05. The van der Waals surface area contributed by atoms with Crippen LogP contribution < -0.4 is 0 Å². The Bertz CT molecular complexity index is 194. The zero-order valence-corrected chi connectivity index (χ0v) is 8.58. The van der Waals surface area contributed by atoms with Gasteiger partial charge >= 0.3 is 0 Å². The normalized spacial score (nSPS) is 6.86. The fourth-order valence-electron chi connectivity index (χ4n) is 0.625. The van der Waals surface area contributed by atoms with Gasteiger partial charge in [0.1, 0.15) is 0 Å². The maximum Gasteiger partial charge on any atom is 0.0267 e. The van der Waals surface area contributed by atoms with Crippen molar-refractivity contribution in [3.05, 3.63) is 61.2 Å². The van der Waals surface area contributed by atoms with Gasteiger partial charge in [0.25, 0.3) is 0 Å². The lowest BCUT2D eigenvalue weighted by Crippen LogP contribution is -1.58. The van der Waals surface area contributed by atoms with Crippen LogP contribution in [-0.2, 0) is 0 Å². The van der Waals surface area contributed by atoms with Gasteiger partial charge in [0.05, 0.1) is 0 Å². The van der Waals surface area contributed by atoms with E-state index >= 15 is 0 Å². The van der Waals surface area contributed by atoms with Crippen LogP contribution in [0.2, 0.25) is 0 Å². The summed E-state index contributed by atoms with van der Waals surface area (Å²) >= 11 is 0. The Morgan fingerprint density at radius 3 is 0.857 bits per heavy atom. The minimum Gasteiger partial charge on any atom is -0.269 e. The molecule has 0 saturated carbocycles. The second-order valence-electron chi connectivity index (χ2n) is 2.05. The topological polar surface area (TPSA) is 25.8 Å². The van der Waals surface area contributed by atoms with E-state index in [0.29, 0.717) is 0 Å². The van der Waals surface area contributed by atoms with Gasteiger partial charge < -0.3 is 0 Å². The zero-order valence-electron chi connectivity index (χ0n) is 7.58. The van der Waals surface area contributed by atoms with E-state index in [1.165, 1.54) is 0 Å². The van der Waals surface area contributed by atoms with E-state index in [2.05, 4.69) is 9.97 Å². The minimum atomic E-state index is 0. The molecule has 0 spiro atoms. The summed E-state index contributed by atoms with van der Waals surface area (Å²) in [7, 11) is 0. The van der Waals surface area contributed by atoms with Crippen LogP contribution >= 0.6 is 13.5 Å². The van der Waals surface area contributed by atoms with Crippen molar-refractivity contribution in [1.29, 1.82) is 0 Å². The van der Waals surface area contributed by atoms with Crippen molar-refractivity contribution < 1.29 is 4.70 Å². The average Bonchev–Trinajstić information content (AvgIpc) is 2.24. The van der Waals surface area contributed by atoms with Gasteiger partial charge in [-0.15, -0.1) is 0 Å². The molecule has 0 fully saturated rings. The largest absolute Gasteiger partial charge is 0.269 e. The molecule has 0 atom stereocenters. The first-order valence-electron chi connectivity index (χ1n) is 3.70. The maximum atomic E-state index is 3.78. The fourth-order valence-corrected chi connectivity index (χ4v) is 0.625. The number of pyridine rings is 2. The molecule has 2 heterocycles. The fraction of sp³-hybridized carbons (Fsp3) is 0. The van der Waals surface area contributed by atoms with Crippen LogP contribution in [-0.4, -0.2) is 9.97 Å². The third kappa shape index (κ3) is 8.67. The van der Waals surface area contributed by atoms with Crippen LogP contribution in [0.3, 0.4) is 0 Å². The van der Waals surface area contributed by atoms with Gasteiger partial charge in [0.15, 0.2) is 0 Å². The van der Waals surface area contributed by atoms with E-state index in [0.717, 1.165) is 0 Å². The van der Waals surface area contributed by atoms with Gasteiger partial charge in [-0.3, -0.25) is 14.7 Å². The molecule has 14 heavy (non-hydrogen) atoms. The van der Waals surface area contributed by atoms with Gasteiger partial charge in [-0.25, -0.2) is 0 Å². The summed E-state index contributed by atoms with van der Waals surface area (Å²) in [5.41, 5.74) is 0. The summed E-state index contributed by atoms with van der Waals surface area (Å²) in [4.78, 5) is 7.57. The molecule has 0 unspecified atom stereocenters. The number of nitrogens with zero attached hydrogens (tertiary/aromatic N) is 2. The van der Waals surface area contributed by atoms with Crippen LogP contribution in [0.15, 0.2) is 61.2 Å². The van der Waals surface area contributed by atoms with Crippen LogP contribution in [0, 0.1) is 0 Å². The first-order chi connectivity index (χ1) is 6.00. The van der Waals surface area contributed by atoms with Crippen LogP contribution in [0.4, 0.5) is 4.70 Å². The molecule has 0 aliphatic carbocycles. The number of halogens is 1. The Balaban J connectivity index is 0. The quantitative estimate of drug-likeness (QED) is 0.670. The standard InChI is InChI=1S/2C5H5N.FH.H2S/c2*1-2-4-6-5-3-1;;/h2*1-5H;1H;1H2. The molecule has 0 aliphatic rings. The third-order valence-electron chi connectivity index (χ3n) is 1.13. The first-order valence-corrected chi connectivity index (χ1v) is 3.70. The maximum absolute atomic E-state index is 3.78. The highest BCUT2D eigenvalue weighted by Crippen LogP contribution is 1.74. The molecule has 0 aliphatic heterocycles. The van der Waals surface area contributed by atoms with E-state index < -0.39 is 0 Å². The summed E-state index contributed by atoms with van der Waals surface area (Å²) in [5.74, 6) is 0. The molecule has 0 aromatic carbocycles. The van der Waals surface area contributed by atoms with Gasteiger partial charge in [0, 0.05) is 24.8 Å². The molecule has 0 amide bonds.